The van der Waals surface area contributed by atoms with Crippen LogP contribution in [-0.4, -0.2) is 37.7 Å². The molecule has 1 atom stereocenters. The van der Waals surface area contributed by atoms with Crippen LogP contribution in [0.3, 0.4) is 0 Å². The second-order valence-electron chi connectivity index (χ2n) is 7.05. The third-order valence-electron chi connectivity index (χ3n) is 4.67. The summed E-state index contributed by atoms with van der Waals surface area (Å²) in [5.74, 6) is 1.45. The second-order valence-corrected chi connectivity index (χ2v) is 7.05. The molecular formula is C23H28N2O5. The molecule has 160 valence electrons. The predicted molar refractivity (Wildman–Crippen MR) is 114 cm³/mol. The summed E-state index contributed by atoms with van der Waals surface area (Å²) in [6.07, 6.45) is -0.236. The summed E-state index contributed by atoms with van der Waals surface area (Å²) in [7, 11) is 0. The number of carbonyl (C=O) groups is 2. The number of amides is 2. The highest BCUT2D eigenvalue weighted by Gasteiger charge is 2.29. The summed E-state index contributed by atoms with van der Waals surface area (Å²) in [6.45, 7) is 7.35. The van der Waals surface area contributed by atoms with Gasteiger partial charge < -0.3 is 24.8 Å². The molecule has 0 saturated heterocycles. The molecule has 0 aromatic heterocycles. The van der Waals surface area contributed by atoms with Crippen molar-refractivity contribution in [3.05, 3.63) is 47.5 Å². The van der Waals surface area contributed by atoms with Crippen molar-refractivity contribution in [2.24, 2.45) is 0 Å². The van der Waals surface area contributed by atoms with Crippen LogP contribution in [0.15, 0.2) is 36.4 Å². The van der Waals surface area contributed by atoms with E-state index in [1.54, 1.807) is 6.07 Å². The molecule has 7 nitrogen and oxygen atoms in total. The summed E-state index contributed by atoms with van der Waals surface area (Å²) < 4.78 is 16.9. The molecule has 1 aliphatic rings. The zero-order valence-corrected chi connectivity index (χ0v) is 17.6. The molecule has 0 spiro atoms. The molecule has 0 bridgehead atoms. The van der Waals surface area contributed by atoms with Crippen LogP contribution in [0.25, 0.3) is 0 Å². The van der Waals surface area contributed by atoms with Gasteiger partial charge in [-0.3, -0.25) is 9.59 Å². The number of aryl methyl sites for hydroxylation is 1. The fourth-order valence-corrected chi connectivity index (χ4v) is 3.24. The van der Waals surface area contributed by atoms with E-state index < -0.39 is 6.10 Å². The smallest absolute Gasteiger partial charge is 0.266 e. The van der Waals surface area contributed by atoms with E-state index in [1.165, 1.54) is 0 Å². The lowest BCUT2D eigenvalue weighted by Crippen LogP contribution is -2.41. The molecule has 1 aliphatic heterocycles. The lowest BCUT2D eigenvalue weighted by atomic mass is 10.1. The van der Waals surface area contributed by atoms with Crippen LogP contribution in [0.4, 0.5) is 5.69 Å². The Kier molecular flexibility index (Phi) is 7.17. The third-order valence-corrected chi connectivity index (χ3v) is 4.67. The number of benzene rings is 2. The molecule has 0 fully saturated rings. The molecule has 1 unspecified atom stereocenters. The van der Waals surface area contributed by atoms with Gasteiger partial charge in [-0.2, -0.15) is 0 Å². The third kappa shape index (κ3) is 5.43. The van der Waals surface area contributed by atoms with Crippen LogP contribution in [0.2, 0.25) is 0 Å². The Morgan fingerprint density at radius 3 is 2.63 bits per heavy atom. The average molecular weight is 412 g/mol. The number of fused-ring (bicyclic) bond motifs is 1. The first-order valence-corrected chi connectivity index (χ1v) is 10.2. The molecule has 2 aromatic rings. The Morgan fingerprint density at radius 2 is 1.87 bits per heavy atom. The number of rotatable bonds is 9. The number of hydrogen-bond donors (Lipinski definition) is 2. The van der Waals surface area contributed by atoms with Gasteiger partial charge in [0.15, 0.2) is 17.6 Å². The zero-order valence-electron chi connectivity index (χ0n) is 17.6. The first-order chi connectivity index (χ1) is 14.5. The predicted octanol–water partition coefficient (Wildman–Crippen LogP) is 3.24. The van der Waals surface area contributed by atoms with Crippen LogP contribution in [0, 0.1) is 6.92 Å². The van der Waals surface area contributed by atoms with Gasteiger partial charge in [0, 0.05) is 6.54 Å². The molecule has 0 aliphatic carbocycles. The Bertz CT molecular complexity index is 912. The highest BCUT2D eigenvalue weighted by atomic mass is 16.5. The minimum atomic E-state index is -0.838. The number of ether oxygens (including phenoxy) is 3. The van der Waals surface area contributed by atoms with Gasteiger partial charge in [-0.15, -0.1) is 0 Å². The lowest BCUT2D eigenvalue weighted by Gasteiger charge is -2.25. The van der Waals surface area contributed by atoms with Gasteiger partial charge in [0.1, 0.15) is 5.75 Å². The number of carbonyl (C=O) groups excluding carboxylic acids is 2. The van der Waals surface area contributed by atoms with Crippen molar-refractivity contribution >= 4 is 17.5 Å². The van der Waals surface area contributed by atoms with Crippen molar-refractivity contribution in [1.29, 1.82) is 0 Å². The van der Waals surface area contributed by atoms with Gasteiger partial charge in [-0.25, -0.2) is 0 Å². The molecule has 3 rings (SSSR count). The molecule has 0 radical (unpaired) electrons. The largest absolute Gasteiger partial charge is 0.490 e. The molecule has 1 heterocycles. The summed E-state index contributed by atoms with van der Waals surface area (Å²) in [6, 6.07) is 11.3. The van der Waals surface area contributed by atoms with Crippen LogP contribution in [0.5, 0.6) is 17.2 Å². The van der Waals surface area contributed by atoms with Crippen LogP contribution in [0.1, 0.15) is 31.4 Å². The quantitative estimate of drug-likeness (QED) is 0.660. The Morgan fingerprint density at radius 1 is 1.10 bits per heavy atom. The summed E-state index contributed by atoms with van der Waals surface area (Å²) in [4.78, 5) is 24.5. The van der Waals surface area contributed by atoms with E-state index in [0.717, 1.165) is 11.1 Å². The van der Waals surface area contributed by atoms with E-state index >= 15 is 0 Å². The van der Waals surface area contributed by atoms with Crippen molar-refractivity contribution < 1.29 is 23.8 Å². The SMILES string of the molecule is CCOc1ccc(CCNC(=O)CC2Oc3ccc(C)cc3NC2=O)cc1OCC. The van der Waals surface area contributed by atoms with Gasteiger partial charge in [0.2, 0.25) is 5.91 Å². The molecule has 2 amide bonds. The van der Waals surface area contributed by atoms with Crippen molar-refractivity contribution in [3.63, 3.8) is 0 Å². The molecule has 2 aromatic carbocycles. The normalized spacial score (nSPS) is 14.9. The van der Waals surface area contributed by atoms with Crippen LogP contribution < -0.4 is 24.8 Å². The van der Waals surface area contributed by atoms with Gasteiger partial charge in [0.25, 0.3) is 5.91 Å². The topological polar surface area (TPSA) is 85.9 Å². The van der Waals surface area contributed by atoms with Crippen molar-refractivity contribution in [2.75, 3.05) is 25.1 Å². The van der Waals surface area contributed by atoms with Crippen molar-refractivity contribution in [1.82, 2.24) is 5.32 Å². The summed E-state index contributed by atoms with van der Waals surface area (Å²) >= 11 is 0. The van der Waals surface area contributed by atoms with Crippen LogP contribution in [-0.2, 0) is 16.0 Å². The molecule has 30 heavy (non-hydrogen) atoms. The summed E-state index contributed by atoms with van der Waals surface area (Å²) in [5, 5.41) is 5.65. The molecular weight excluding hydrogens is 384 g/mol. The van der Waals surface area contributed by atoms with E-state index in [4.69, 9.17) is 14.2 Å². The number of anilines is 1. The van der Waals surface area contributed by atoms with Crippen LogP contribution >= 0.6 is 0 Å². The molecule has 2 N–H and O–H groups in total. The van der Waals surface area contributed by atoms with Gasteiger partial charge in [-0.1, -0.05) is 12.1 Å². The Hall–Kier alpha value is -3.22. The second kappa shape index (κ2) is 10.0. The standard InChI is InChI=1S/C23H28N2O5/c1-4-28-19-9-7-16(13-20(19)29-5-2)10-11-24-22(26)14-21-23(27)25-17-12-15(3)6-8-18(17)30-21/h6-9,12-13,21H,4-5,10-11,14H2,1-3H3,(H,24,26)(H,25,27). The number of hydrogen-bond acceptors (Lipinski definition) is 5. The van der Waals surface area contributed by atoms with E-state index in [0.29, 0.717) is 49.1 Å². The van der Waals surface area contributed by atoms with E-state index in [1.807, 2.05) is 51.1 Å². The van der Waals surface area contributed by atoms with E-state index in [2.05, 4.69) is 10.6 Å². The summed E-state index contributed by atoms with van der Waals surface area (Å²) in [5.41, 5.74) is 2.69. The number of nitrogens with one attached hydrogen (secondary N) is 2. The van der Waals surface area contributed by atoms with Crippen molar-refractivity contribution in [2.45, 2.75) is 39.7 Å². The minimum Gasteiger partial charge on any atom is -0.490 e. The van der Waals surface area contributed by atoms with E-state index in [9.17, 15) is 9.59 Å². The monoisotopic (exact) mass is 412 g/mol. The Balaban J connectivity index is 1.51. The van der Waals surface area contributed by atoms with E-state index in [-0.39, 0.29) is 18.2 Å². The minimum absolute atomic E-state index is 0.0351. The van der Waals surface area contributed by atoms with Gasteiger partial charge in [0.05, 0.1) is 25.3 Å². The average Bonchev–Trinajstić information content (AvgIpc) is 2.71. The fraction of sp³-hybridized carbons (Fsp3) is 0.391. The maximum Gasteiger partial charge on any atom is 0.266 e. The first-order valence-electron chi connectivity index (χ1n) is 10.2. The van der Waals surface area contributed by atoms with Gasteiger partial charge >= 0.3 is 0 Å². The fourth-order valence-electron chi connectivity index (χ4n) is 3.24. The maximum absolute atomic E-state index is 12.3. The first kappa shape index (κ1) is 21.5. The Labute approximate surface area is 176 Å². The maximum atomic E-state index is 12.3. The lowest BCUT2D eigenvalue weighted by molar-refractivity contribution is -0.130. The van der Waals surface area contributed by atoms with Crippen molar-refractivity contribution in [3.8, 4) is 17.2 Å². The highest BCUT2D eigenvalue weighted by molar-refractivity contribution is 6.00. The molecule has 0 saturated carbocycles. The molecule has 7 heteroatoms. The highest BCUT2D eigenvalue weighted by Crippen LogP contribution is 2.31. The van der Waals surface area contributed by atoms with Gasteiger partial charge in [-0.05, 0) is 62.6 Å². The zero-order chi connectivity index (χ0) is 21.5.